The Morgan fingerprint density at radius 2 is 1.42 bits per heavy atom. The highest BCUT2D eigenvalue weighted by atomic mass is 16.3. The minimum atomic E-state index is -0.141. The molecule has 0 aromatic carbocycles. The van der Waals surface area contributed by atoms with Crippen LogP contribution in [0.25, 0.3) is 0 Å². The van der Waals surface area contributed by atoms with Gasteiger partial charge in [-0.05, 0) is 32.1 Å². The van der Waals surface area contributed by atoms with Crippen LogP contribution in [-0.2, 0) is 0 Å². The van der Waals surface area contributed by atoms with Gasteiger partial charge in [0.25, 0.3) is 0 Å². The summed E-state index contributed by atoms with van der Waals surface area (Å²) in [4.78, 5) is 0. The molecule has 0 aromatic rings. The first-order chi connectivity index (χ1) is 9.22. The van der Waals surface area contributed by atoms with Gasteiger partial charge in [0, 0.05) is 0 Å². The Bertz CT molecular complexity index is 165. The summed E-state index contributed by atoms with van der Waals surface area (Å²) >= 11 is 0. The fourth-order valence-electron chi connectivity index (χ4n) is 2.63. The van der Waals surface area contributed by atoms with Crippen LogP contribution in [-0.4, -0.2) is 11.2 Å². The summed E-state index contributed by atoms with van der Waals surface area (Å²) in [6.07, 6.45) is 17.9. The molecule has 0 saturated carbocycles. The Kier molecular flexibility index (Phi) is 14.3. The van der Waals surface area contributed by atoms with Crippen LogP contribution >= 0.6 is 0 Å². The zero-order valence-corrected chi connectivity index (χ0v) is 13.7. The van der Waals surface area contributed by atoms with Gasteiger partial charge in [-0.15, -0.1) is 0 Å². The molecule has 0 aliphatic carbocycles. The van der Waals surface area contributed by atoms with Crippen LogP contribution < -0.4 is 0 Å². The molecule has 0 aromatic heterocycles. The molecule has 2 unspecified atom stereocenters. The summed E-state index contributed by atoms with van der Waals surface area (Å²) < 4.78 is 0. The van der Waals surface area contributed by atoms with Gasteiger partial charge in [0.05, 0.1) is 6.10 Å². The van der Waals surface area contributed by atoms with Crippen molar-refractivity contribution in [3.63, 3.8) is 0 Å². The van der Waals surface area contributed by atoms with E-state index in [1.165, 1.54) is 70.6 Å². The fourth-order valence-corrected chi connectivity index (χ4v) is 2.63. The van der Waals surface area contributed by atoms with E-state index in [-0.39, 0.29) is 6.10 Å². The molecule has 0 fully saturated rings. The van der Waals surface area contributed by atoms with Gasteiger partial charge in [0.1, 0.15) is 0 Å². The van der Waals surface area contributed by atoms with E-state index in [9.17, 15) is 5.11 Å². The third-order valence-electron chi connectivity index (χ3n) is 4.07. The monoisotopic (exact) mass is 269 g/mol. The van der Waals surface area contributed by atoms with Crippen molar-refractivity contribution in [2.75, 3.05) is 0 Å². The topological polar surface area (TPSA) is 20.2 Å². The molecule has 0 saturated heterocycles. The van der Waals surface area contributed by atoms with Gasteiger partial charge in [-0.3, -0.25) is 0 Å². The predicted octanol–water partition coefficient (Wildman–Crippen LogP) is 5.91. The Morgan fingerprint density at radius 3 is 1.95 bits per heavy atom. The average Bonchev–Trinajstić information content (AvgIpc) is 2.39. The summed E-state index contributed by atoms with van der Waals surface area (Å²) in [5.41, 5.74) is 0. The van der Waals surface area contributed by atoms with Crippen LogP contribution in [0.1, 0.15) is 97.8 Å². The maximum atomic E-state index is 9.79. The van der Waals surface area contributed by atoms with Gasteiger partial charge in [-0.25, -0.2) is 0 Å². The molecule has 1 N–H and O–H groups in total. The van der Waals surface area contributed by atoms with Crippen LogP contribution in [0.3, 0.4) is 0 Å². The first-order valence-corrected chi connectivity index (χ1v) is 8.72. The molecule has 1 heteroatoms. The van der Waals surface area contributed by atoms with Gasteiger partial charge in [-0.1, -0.05) is 78.1 Å². The van der Waals surface area contributed by atoms with Crippen molar-refractivity contribution < 1.29 is 5.11 Å². The van der Waals surface area contributed by atoms with Crippen LogP contribution in [0.15, 0.2) is 0 Å². The largest absolute Gasteiger partial charge is 0.393 e. The lowest BCUT2D eigenvalue weighted by Gasteiger charge is -2.19. The van der Waals surface area contributed by atoms with Crippen molar-refractivity contribution in [1.82, 2.24) is 0 Å². The van der Waals surface area contributed by atoms with E-state index in [0.29, 0.717) is 5.92 Å². The third-order valence-corrected chi connectivity index (χ3v) is 4.07. The van der Waals surface area contributed by atoms with E-state index in [1.807, 2.05) is 6.92 Å². The Morgan fingerprint density at radius 1 is 0.842 bits per heavy atom. The number of unbranched alkanes of at least 4 members (excludes halogenated alkanes) is 9. The summed E-state index contributed by atoms with van der Waals surface area (Å²) in [6, 6.07) is 0. The summed E-state index contributed by atoms with van der Waals surface area (Å²) in [7, 11) is 0. The van der Waals surface area contributed by atoms with Gasteiger partial charge >= 0.3 is 0 Å². The van der Waals surface area contributed by atoms with Crippen molar-refractivity contribution in [3.05, 3.63) is 6.42 Å². The van der Waals surface area contributed by atoms with Crippen molar-refractivity contribution in [1.29, 1.82) is 0 Å². The Hall–Kier alpha value is -0.0400. The molecular weight excluding hydrogens is 232 g/mol. The highest BCUT2D eigenvalue weighted by Gasteiger charge is 2.13. The van der Waals surface area contributed by atoms with Crippen LogP contribution in [0.2, 0.25) is 0 Å². The standard InChI is InChI=1S/C18H37O/c1-4-6-8-9-10-11-12-14-16-18(17(3)19)15-13-7-5-2/h13,17-19H,4-12,14-16H2,1-3H3. The molecule has 2 atom stereocenters. The molecule has 0 spiro atoms. The molecule has 1 nitrogen and oxygen atoms in total. The molecule has 0 aliphatic heterocycles. The second-order valence-electron chi connectivity index (χ2n) is 6.08. The van der Waals surface area contributed by atoms with E-state index < -0.39 is 0 Å². The zero-order valence-electron chi connectivity index (χ0n) is 13.7. The van der Waals surface area contributed by atoms with E-state index in [0.717, 1.165) is 6.42 Å². The van der Waals surface area contributed by atoms with E-state index in [2.05, 4.69) is 20.3 Å². The second-order valence-corrected chi connectivity index (χ2v) is 6.08. The lowest BCUT2D eigenvalue weighted by Crippen LogP contribution is -2.16. The summed E-state index contributed by atoms with van der Waals surface area (Å²) in [5, 5.41) is 9.79. The fraction of sp³-hybridized carbons (Fsp3) is 0.944. The van der Waals surface area contributed by atoms with E-state index in [4.69, 9.17) is 0 Å². The number of aliphatic hydroxyl groups excluding tert-OH is 1. The predicted molar refractivity (Wildman–Crippen MR) is 86.2 cm³/mol. The molecule has 115 valence electrons. The average molecular weight is 269 g/mol. The minimum absolute atomic E-state index is 0.141. The molecule has 1 radical (unpaired) electrons. The zero-order chi connectivity index (χ0) is 14.3. The third kappa shape index (κ3) is 12.7. The van der Waals surface area contributed by atoms with Crippen LogP contribution in [0, 0.1) is 12.3 Å². The smallest absolute Gasteiger partial charge is 0.0540 e. The Labute approximate surface area is 122 Å². The van der Waals surface area contributed by atoms with Crippen molar-refractivity contribution in [3.8, 4) is 0 Å². The number of hydrogen-bond acceptors (Lipinski definition) is 1. The molecule has 0 amide bonds. The van der Waals surface area contributed by atoms with Crippen LogP contribution in [0.5, 0.6) is 0 Å². The van der Waals surface area contributed by atoms with Crippen molar-refractivity contribution >= 4 is 0 Å². The molecule has 19 heavy (non-hydrogen) atoms. The van der Waals surface area contributed by atoms with Gasteiger partial charge < -0.3 is 5.11 Å². The maximum Gasteiger partial charge on any atom is 0.0540 e. The highest BCUT2D eigenvalue weighted by Crippen LogP contribution is 2.21. The molecule has 0 bridgehead atoms. The molecular formula is C18H37O. The first kappa shape index (κ1) is 19.0. The maximum absolute atomic E-state index is 9.79. The summed E-state index contributed by atoms with van der Waals surface area (Å²) in [5.74, 6) is 0.492. The second kappa shape index (κ2) is 14.4. The van der Waals surface area contributed by atoms with E-state index in [1.54, 1.807) is 0 Å². The number of hydrogen-bond donors (Lipinski definition) is 1. The quantitative estimate of drug-likeness (QED) is 0.389. The van der Waals surface area contributed by atoms with E-state index >= 15 is 0 Å². The van der Waals surface area contributed by atoms with Crippen molar-refractivity contribution in [2.45, 2.75) is 104 Å². The summed E-state index contributed by atoms with van der Waals surface area (Å²) in [6.45, 7) is 6.44. The van der Waals surface area contributed by atoms with Crippen molar-refractivity contribution in [2.24, 2.45) is 5.92 Å². The first-order valence-electron chi connectivity index (χ1n) is 8.72. The minimum Gasteiger partial charge on any atom is -0.393 e. The lowest BCUT2D eigenvalue weighted by atomic mass is 9.90. The van der Waals surface area contributed by atoms with Gasteiger partial charge in [-0.2, -0.15) is 0 Å². The normalized spacial score (nSPS) is 14.5. The van der Waals surface area contributed by atoms with Gasteiger partial charge in [0.2, 0.25) is 0 Å². The van der Waals surface area contributed by atoms with Crippen LogP contribution in [0.4, 0.5) is 0 Å². The molecule has 0 aliphatic rings. The van der Waals surface area contributed by atoms with Gasteiger partial charge in [0.15, 0.2) is 0 Å². The highest BCUT2D eigenvalue weighted by molar-refractivity contribution is 4.74. The molecule has 0 rings (SSSR count). The SMILES string of the molecule is CCC[CH]CC(CCCCCCCCCC)C(C)O. The molecule has 0 heterocycles. The Balaban J connectivity index is 3.43. The lowest BCUT2D eigenvalue weighted by molar-refractivity contribution is 0.117. The number of aliphatic hydroxyl groups is 1. The number of rotatable bonds is 14.